The number of fused-ring (bicyclic) bond motifs is 2. The van der Waals surface area contributed by atoms with Crippen molar-refractivity contribution in [3.8, 4) is 0 Å². The minimum absolute atomic E-state index is 0.0176. The van der Waals surface area contributed by atoms with Crippen molar-refractivity contribution in [1.29, 1.82) is 0 Å². The number of rotatable bonds is 4. The normalized spacial score (nSPS) is 17.1. The molecule has 2 aliphatic rings. The molecule has 1 saturated heterocycles. The zero-order chi connectivity index (χ0) is 20.9. The van der Waals surface area contributed by atoms with Gasteiger partial charge in [-0.1, -0.05) is 12.8 Å². The van der Waals surface area contributed by atoms with E-state index in [1.165, 1.54) is 6.42 Å². The Labute approximate surface area is 176 Å². The Morgan fingerprint density at radius 1 is 0.967 bits per heavy atom. The largest absolute Gasteiger partial charge is 0.352 e. The zero-order valence-corrected chi connectivity index (χ0v) is 17.5. The van der Waals surface area contributed by atoms with Crippen LogP contribution in [0.15, 0.2) is 23.0 Å². The Bertz CT molecular complexity index is 992. The van der Waals surface area contributed by atoms with Crippen LogP contribution in [0, 0.1) is 0 Å². The average molecular weight is 411 g/mol. The number of hydrogen-bond donors (Lipinski definition) is 1. The van der Waals surface area contributed by atoms with E-state index in [2.05, 4.69) is 5.32 Å². The van der Waals surface area contributed by atoms with E-state index in [1.807, 2.05) is 4.90 Å². The van der Waals surface area contributed by atoms with Crippen LogP contribution in [0.5, 0.6) is 0 Å². The SMILES string of the molecule is O=C(NCCC(=O)N1CCCCC1)c1ccc2c(=O)n3c(nc2c1)CCCCCC3. The predicted molar refractivity (Wildman–Crippen MR) is 116 cm³/mol. The molecule has 1 aromatic carbocycles. The van der Waals surface area contributed by atoms with Crippen molar-refractivity contribution in [3.63, 3.8) is 0 Å². The van der Waals surface area contributed by atoms with Crippen molar-refractivity contribution < 1.29 is 9.59 Å². The van der Waals surface area contributed by atoms with Crippen LogP contribution in [0.3, 0.4) is 0 Å². The topological polar surface area (TPSA) is 84.3 Å². The van der Waals surface area contributed by atoms with Gasteiger partial charge < -0.3 is 10.2 Å². The molecule has 0 atom stereocenters. The van der Waals surface area contributed by atoms with E-state index in [9.17, 15) is 14.4 Å². The van der Waals surface area contributed by atoms with Gasteiger partial charge in [-0.25, -0.2) is 4.98 Å². The van der Waals surface area contributed by atoms with Crippen molar-refractivity contribution in [1.82, 2.24) is 19.8 Å². The van der Waals surface area contributed by atoms with Crippen molar-refractivity contribution in [2.75, 3.05) is 19.6 Å². The number of likely N-dealkylation sites (tertiary alicyclic amines) is 1. The average Bonchev–Trinajstić information content (AvgIpc) is 2.75. The molecule has 0 aliphatic carbocycles. The van der Waals surface area contributed by atoms with Crippen LogP contribution in [0.4, 0.5) is 0 Å². The highest BCUT2D eigenvalue weighted by molar-refractivity contribution is 5.97. The highest BCUT2D eigenvalue weighted by Gasteiger charge is 2.17. The summed E-state index contributed by atoms with van der Waals surface area (Å²) in [5.74, 6) is 0.677. The maximum Gasteiger partial charge on any atom is 0.261 e. The first kappa shape index (κ1) is 20.6. The number of nitrogens with one attached hydrogen (secondary N) is 1. The van der Waals surface area contributed by atoms with E-state index in [4.69, 9.17) is 4.98 Å². The molecule has 2 aliphatic heterocycles. The molecule has 7 nitrogen and oxygen atoms in total. The molecule has 0 bridgehead atoms. The van der Waals surface area contributed by atoms with Crippen LogP contribution in [0.25, 0.3) is 10.9 Å². The first-order valence-corrected chi connectivity index (χ1v) is 11.2. The van der Waals surface area contributed by atoms with Gasteiger partial charge in [0, 0.05) is 44.6 Å². The summed E-state index contributed by atoms with van der Waals surface area (Å²) in [5, 5.41) is 3.38. The Hall–Kier alpha value is -2.70. The van der Waals surface area contributed by atoms with Gasteiger partial charge in [-0.3, -0.25) is 19.0 Å². The Morgan fingerprint density at radius 3 is 2.53 bits per heavy atom. The van der Waals surface area contributed by atoms with Gasteiger partial charge in [-0.05, 0) is 50.3 Å². The lowest BCUT2D eigenvalue weighted by Crippen LogP contribution is -2.37. The van der Waals surface area contributed by atoms with Crippen molar-refractivity contribution >= 4 is 22.7 Å². The zero-order valence-electron chi connectivity index (χ0n) is 17.5. The first-order valence-electron chi connectivity index (χ1n) is 11.2. The molecule has 0 radical (unpaired) electrons. The third kappa shape index (κ3) is 4.55. The van der Waals surface area contributed by atoms with E-state index in [0.29, 0.717) is 36.0 Å². The summed E-state index contributed by atoms with van der Waals surface area (Å²) >= 11 is 0. The molecule has 2 aromatic rings. The van der Waals surface area contributed by atoms with Crippen LogP contribution < -0.4 is 10.9 Å². The van der Waals surface area contributed by atoms with Crippen LogP contribution >= 0.6 is 0 Å². The lowest BCUT2D eigenvalue weighted by molar-refractivity contribution is -0.131. The number of nitrogens with zero attached hydrogens (tertiary/aromatic N) is 3. The van der Waals surface area contributed by atoms with Gasteiger partial charge >= 0.3 is 0 Å². The van der Waals surface area contributed by atoms with E-state index in [0.717, 1.165) is 63.9 Å². The number of carbonyl (C=O) groups excluding carboxylic acids is 2. The molecule has 30 heavy (non-hydrogen) atoms. The van der Waals surface area contributed by atoms with Gasteiger partial charge in [0.15, 0.2) is 0 Å². The van der Waals surface area contributed by atoms with Crippen molar-refractivity contribution in [2.45, 2.75) is 64.3 Å². The summed E-state index contributed by atoms with van der Waals surface area (Å²) in [6.07, 6.45) is 8.74. The number of aryl methyl sites for hydroxylation is 1. The maximum absolute atomic E-state index is 12.9. The predicted octanol–water partition coefficient (Wildman–Crippen LogP) is 2.65. The summed E-state index contributed by atoms with van der Waals surface area (Å²) in [4.78, 5) is 44.3. The molecule has 0 unspecified atom stereocenters. The molecule has 0 saturated carbocycles. The summed E-state index contributed by atoms with van der Waals surface area (Å²) in [7, 11) is 0. The van der Waals surface area contributed by atoms with Crippen LogP contribution in [-0.2, 0) is 17.8 Å². The standard InChI is InChI=1S/C23H30N4O3/c28-21(26-13-5-3-6-14-26)11-12-24-22(29)17-9-10-18-19(16-17)25-20-8-4-1-2-7-15-27(20)23(18)30/h9-10,16H,1-8,11-15H2,(H,24,29). The quantitative estimate of drug-likeness (QED) is 0.840. The third-order valence-corrected chi connectivity index (χ3v) is 6.16. The van der Waals surface area contributed by atoms with E-state index >= 15 is 0 Å². The molecule has 3 heterocycles. The smallest absolute Gasteiger partial charge is 0.261 e. The second kappa shape index (κ2) is 9.41. The lowest BCUT2D eigenvalue weighted by atomic mass is 10.1. The highest BCUT2D eigenvalue weighted by atomic mass is 16.2. The molecule has 4 rings (SSSR count). The summed E-state index contributed by atoms with van der Waals surface area (Å²) in [6, 6.07) is 5.06. The number of amides is 2. The van der Waals surface area contributed by atoms with E-state index < -0.39 is 0 Å². The Morgan fingerprint density at radius 2 is 1.70 bits per heavy atom. The highest BCUT2D eigenvalue weighted by Crippen LogP contribution is 2.16. The monoisotopic (exact) mass is 410 g/mol. The molecule has 1 N–H and O–H groups in total. The van der Waals surface area contributed by atoms with Crippen molar-refractivity contribution in [2.24, 2.45) is 0 Å². The molecule has 160 valence electrons. The van der Waals surface area contributed by atoms with Gasteiger partial charge in [0.2, 0.25) is 5.91 Å². The van der Waals surface area contributed by atoms with E-state index in [-0.39, 0.29) is 17.4 Å². The van der Waals surface area contributed by atoms with Gasteiger partial charge in [0.25, 0.3) is 11.5 Å². The molecule has 0 spiro atoms. The Balaban J connectivity index is 1.44. The molecule has 1 fully saturated rings. The van der Waals surface area contributed by atoms with Crippen LogP contribution in [0.2, 0.25) is 0 Å². The van der Waals surface area contributed by atoms with Crippen LogP contribution in [-0.4, -0.2) is 45.9 Å². The van der Waals surface area contributed by atoms with Gasteiger partial charge in [-0.15, -0.1) is 0 Å². The van der Waals surface area contributed by atoms with Gasteiger partial charge in [-0.2, -0.15) is 0 Å². The molecule has 7 heteroatoms. The van der Waals surface area contributed by atoms with Crippen LogP contribution in [0.1, 0.15) is 67.5 Å². The molecular weight excluding hydrogens is 380 g/mol. The minimum atomic E-state index is -0.239. The summed E-state index contributed by atoms with van der Waals surface area (Å²) in [6.45, 7) is 2.67. The van der Waals surface area contributed by atoms with Gasteiger partial charge in [0.1, 0.15) is 5.82 Å². The second-order valence-electron chi connectivity index (χ2n) is 8.33. The second-order valence-corrected chi connectivity index (χ2v) is 8.33. The fraction of sp³-hybridized carbons (Fsp3) is 0.565. The summed E-state index contributed by atoms with van der Waals surface area (Å²) < 4.78 is 1.80. The fourth-order valence-electron chi connectivity index (χ4n) is 4.42. The lowest BCUT2D eigenvalue weighted by Gasteiger charge is -2.26. The summed E-state index contributed by atoms with van der Waals surface area (Å²) in [5.41, 5.74) is 1.02. The van der Waals surface area contributed by atoms with Crippen molar-refractivity contribution in [3.05, 3.63) is 39.9 Å². The number of carbonyl (C=O) groups is 2. The number of hydrogen-bond acceptors (Lipinski definition) is 4. The Kier molecular flexibility index (Phi) is 6.45. The molecule has 1 aromatic heterocycles. The number of piperidine rings is 1. The minimum Gasteiger partial charge on any atom is -0.352 e. The van der Waals surface area contributed by atoms with E-state index in [1.54, 1.807) is 22.8 Å². The first-order chi connectivity index (χ1) is 14.6. The fourth-order valence-corrected chi connectivity index (χ4v) is 4.42. The number of benzene rings is 1. The third-order valence-electron chi connectivity index (χ3n) is 6.16. The number of aromatic nitrogens is 2. The van der Waals surface area contributed by atoms with Gasteiger partial charge in [0.05, 0.1) is 10.9 Å². The molecular formula is C23H30N4O3. The maximum atomic E-state index is 12.9. The molecule has 2 amide bonds.